The molecule has 0 bridgehead atoms. The van der Waals surface area contributed by atoms with E-state index in [0.717, 1.165) is 43.1 Å². The van der Waals surface area contributed by atoms with Crippen LogP contribution in [0.15, 0.2) is 66.9 Å². The van der Waals surface area contributed by atoms with Crippen LogP contribution in [-0.2, 0) is 13.1 Å². The number of nitrogens with zero attached hydrogens (tertiary/aromatic N) is 2. The summed E-state index contributed by atoms with van der Waals surface area (Å²) in [6.07, 6.45) is 3.14. The Kier molecular flexibility index (Phi) is 5.26. The van der Waals surface area contributed by atoms with Gasteiger partial charge < -0.3 is 9.30 Å². The molecule has 0 saturated carbocycles. The van der Waals surface area contributed by atoms with Gasteiger partial charge in [0.15, 0.2) is 0 Å². The Bertz CT molecular complexity index is 905. The minimum atomic E-state index is -0.148. The first-order chi connectivity index (χ1) is 13.3. The molecule has 3 aromatic rings. The van der Waals surface area contributed by atoms with Crippen LogP contribution in [0, 0.1) is 5.82 Å². The van der Waals surface area contributed by atoms with Gasteiger partial charge in [0.2, 0.25) is 0 Å². The van der Waals surface area contributed by atoms with Crippen LogP contribution in [-0.4, -0.2) is 22.6 Å². The quantitative estimate of drug-likeness (QED) is 0.632. The van der Waals surface area contributed by atoms with Crippen molar-refractivity contribution in [3.8, 4) is 5.75 Å². The van der Waals surface area contributed by atoms with Crippen LogP contribution in [0.3, 0.4) is 0 Å². The van der Waals surface area contributed by atoms with E-state index in [9.17, 15) is 4.39 Å². The molecular weight excluding hydrogens is 339 g/mol. The number of fused-ring (bicyclic) bond motifs is 1. The summed E-state index contributed by atoms with van der Waals surface area (Å²) >= 11 is 0. The Hall–Kier alpha value is -2.59. The number of ether oxygens (including phenoxy) is 1. The van der Waals surface area contributed by atoms with Crippen LogP contribution in [0.5, 0.6) is 5.75 Å². The van der Waals surface area contributed by atoms with Crippen LogP contribution in [0.25, 0.3) is 0 Å². The van der Waals surface area contributed by atoms with Gasteiger partial charge >= 0.3 is 0 Å². The van der Waals surface area contributed by atoms with E-state index in [1.54, 1.807) is 12.1 Å². The van der Waals surface area contributed by atoms with Crippen LogP contribution in [0.4, 0.5) is 4.39 Å². The second-order valence-corrected chi connectivity index (χ2v) is 6.95. The maximum absolute atomic E-state index is 14.7. The van der Waals surface area contributed by atoms with Gasteiger partial charge in [-0.1, -0.05) is 30.3 Å². The van der Waals surface area contributed by atoms with E-state index >= 15 is 0 Å². The van der Waals surface area contributed by atoms with Crippen molar-refractivity contribution in [2.24, 2.45) is 0 Å². The van der Waals surface area contributed by atoms with E-state index in [1.165, 1.54) is 5.56 Å². The minimum absolute atomic E-state index is 0.0977. The highest BCUT2D eigenvalue weighted by atomic mass is 19.1. The molecule has 4 heteroatoms. The molecule has 1 aromatic heterocycles. The predicted molar refractivity (Wildman–Crippen MR) is 105 cm³/mol. The average molecular weight is 364 g/mol. The molecule has 0 spiro atoms. The fourth-order valence-corrected chi connectivity index (χ4v) is 4.00. The van der Waals surface area contributed by atoms with Crippen molar-refractivity contribution in [1.82, 2.24) is 9.47 Å². The monoisotopic (exact) mass is 364 g/mol. The zero-order chi connectivity index (χ0) is 18.6. The van der Waals surface area contributed by atoms with Crippen molar-refractivity contribution in [3.05, 3.63) is 89.5 Å². The molecule has 0 fully saturated rings. The molecule has 3 nitrogen and oxygen atoms in total. The van der Waals surface area contributed by atoms with Gasteiger partial charge in [-0.2, -0.15) is 0 Å². The van der Waals surface area contributed by atoms with Crippen molar-refractivity contribution in [1.29, 1.82) is 0 Å². The molecule has 4 rings (SSSR count). The van der Waals surface area contributed by atoms with Crippen molar-refractivity contribution in [2.75, 3.05) is 13.2 Å². The maximum atomic E-state index is 14.7. The Morgan fingerprint density at radius 1 is 1.04 bits per heavy atom. The topological polar surface area (TPSA) is 17.4 Å². The lowest BCUT2D eigenvalue weighted by Gasteiger charge is -2.31. The molecule has 1 aliphatic rings. The van der Waals surface area contributed by atoms with Crippen LogP contribution < -0.4 is 4.74 Å². The summed E-state index contributed by atoms with van der Waals surface area (Å²) in [5, 5.41) is 0. The first-order valence-corrected chi connectivity index (χ1v) is 9.61. The van der Waals surface area contributed by atoms with E-state index < -0.39 is 0 Å². The highest BCUT2D eigenvalue weighted by Gasteiger charge is 2.29. The van der Waals surface area contributed by atoms with Gasteiger partial charge in [-0.05, 0) is 49.2 Å². The van der Waals surface area contributed by atoms with E-state index in [-0.39, 0.29) is 11.9 Å². The number of aromatic nitrogens is 1. The molecule has 1 atom stereocenters. The lowest BCUT2D eigenvalue weighted by Crippen LogP contribution is -2.30. The largest absolute Gasteiger partial charge is 0.494 e. The van der Waals surface area contributed by atoms with Crippen molar-refractivity contribution >= 4 is 0 Å². The van der Waals surface area contributed by atoms with Gasteiger partial charge in [0.25, 0.3) is 0 Å². The predicted octanol–water partition coefficient (Wildman–Crippen LogP) is 5.02. The zero-order valence-electron chi connectivity index (χ0n) is 15.6. The van der Waals surface area contributed by atoms with Gasteiger partial charge in [0.1, 0.15) is 11.6 Å². The first kappa shape index (κ1) is 17.8. The van der Waals surface area contributed by atoms with Crippen molar-refractivity contribution in [2.45, 2.75) is 32.5 Å². The fourth-order valence-electron chi connectivity index (χ4n) is 4.00. The minimum Gasteiger partial charge on any atom is -0.494 e. The normalized spacial score (nSPS) is 17.3. The lowest BCUT2D eigenvalue weighted by atomic mass is 10.0. The third-order valence-corrected chi connectivity index (χ3v) is 5.15. The van der Waals surface area contributed by atoms with Crippen LogP contribution in [0.1, 0.15) is 36.2 Å². The molecule has 0 aliphatic carbocycles. The fraction of sp³-hybridized carbons (Fsp3) is 0.304. The van der Waals surface area contributed by atoms with E-state index in [1.807, 2.05) is 31.2 Å². The summed E-state index contributed by atoms with van der Waals surface area (Å²) in [6, 6.07) is 19.4. The highest BCUT2D eigenvalue weighted by Crippen LogP contribution is 2.34. The number of hydrogen-bond acceptors (Lipinski definition) is 2. The SMILES string of the molecule is CCOc1cccc(CN2CCCn3cccc3C2c2ccccc2F)c1. The molecule has 0 amide bonds. The average Bonchev–Trinajstić information content (AvgIpc) is 3.05. The summed E-state index contributed by atoms with van der Waals surface area (Å²) in [7, 11) is 0. The second kappa shape index (κ2) is 7.97. The number of hydrogen-bond donors (Lipinski definition) is 0. The second-order valence-electron chi connectivity index (χ2n) is 6.95. The molecule has 1 unspecified atom stereocenters. The van der Waals surface area contributed by atoms with Gasteiger partial charge in [-0.25, -0.2) is 4.39 Å². The number of benzene rings is 2. The third kappa shape index (κ3) is 3.76. The molecule has 140 valence electrons. The highest BCUT2D eigenvalue weighted by molar-refractivity contribution is 5.33. The lowest BCUT2D eigenvalue weighted by molar-refractivity contribution is 0.216. The number of halogens is 1. The standard InChI is InChI=1S/C23H25FN2O/c1-2-27-19-9-5-8-18(16-19)17-26-15-7-14-25-13-6-12-22(25)23(26)20-10-3-4-11-21(20)24/h3-6,8-13,16,23H,2,7,14-15,17H2,1H3. The third-order valence-electron chi connectivity index (χ3n) is 5.15. The first-order valence-electron chi connectivity index (χ1n) is 9.61. The molecule has 27 heavy (non-hydrogen) atoms. The molecule has 0 N–H and O–H groups in total. The van der Waals surface area contributed by atoms with Gasteiger partial charge in [0.05, 0.1) is 12.6 Å². The maximum Gasteiger partial charge on any atom is 0.128 e. The van der Waals surface area contributed by atoms with E-state index in [2.05, 4.69) is 39.9 Å². The van der Waals surface area contributed by atoms with E-state index in [0.29, 0.717) is 6.61 Å². The van der Waals surface area contributed by atoms with Crippen LogP contribution in [0.2, 0.25) is 0 Å². The molecule has 0 saturated heterocycles. The summed E-state index contributed by atoms with van der Waals surface area (Å²) in [5.41, 5.74) is 3.07. The van der Waals surface area contributed by atoms with Gasteiger partial charge in [0, 0.05) is 37.1 Å². The number of rotatable bonds is 5. The Morgan fingerprint density at radius 2 is 1.93 bits per heavy atom. The van der Waals surface area contributed by atoms with Gasteiger partial charge in [-0.3, -0.25) is 4.90 Å². The van der Waals surface area contributed by atoms with Crippen LogP contribution >= 0.6 is 0 Å². The molecule has 2 aromatic carbocycles. The molecule has 1 aliphatic heterocycles. The smallest absolute Gasteiger partial charge is 0.128 e. The van der Waals surface area contributed by atoms with Crippen molar-refractivity contribution < 1.29 is 9.13 Å². The Morgan fingerprint density at radius 3 is 2.78 bits per heavy atom. The molecule has 2 heterocycles. The Balaban J connectivity index is 1.71. The molecule has 0 radical (unpaired) electrons. The molecular formula is C23H25FN2O. The Labute approximate surface area is 160 Å². The summed E-state index contributed by atoms with van der Waals surface area (Å²) in [6.45, 7) is 5.27. The van der Waals surface area contributed by atoms with Crippen molar-refractivity contribution in [3.63, 3.8) is 0 Å². The number of aryl methyl sites for hydroxylation is 1. The van der Waals surface area contributed by atoms with Gasteiger partial charge in [-0.15, -0.1) is 0 Å². The summed E-state index contributed by atoms with van der Waals surface area (Å²) < 4.78 is 22.6. The summed E-state index contributed by atoms with van der Waals surface area (Å²) in [4.78, 5) is 2.38. The van der Waals surface area contributed by atoms with E-state index in [4.69, 9.17) is 4.74 Å². The summed E-state index contributed by atoms with van der Waals surface area (Å²) in [5.74, 6) is 0.737. The zero-order valence-corrected chi connectivity index (χ0v) is 15.6.